The summed E-state index contributed by atoms with van der Waals surface area (Å²) in [5.41, 5.74) is 0. The Balaban J connectivity index is 1.64. The van der Waals surface area contributed by atoms with Crippen LogP contribution in [-0.2, 0) is 4.79 Å². The molecule has 0 aliphatic carbocycles. The lowest BCUT2D eigenvalue weighted by Crippen LogP contribution is -2.42. The summed E-state index contributed by atoms with van der Waals surface area (Å²) in [6.07, 6.45) is 5.74. The Morgan fingerprint density at radius 1 is 0.864 bits per heavy atom. The van der Waals surface area contributed by atoms with E-state index in [1.165, 1.54) is 38.8 Å². The number of amides is 1. The van der Waals surface area contributed by atoms with Crippen molar-refractivity contribution in [1.82, 2.24) is 9.80 Å². The van der Waals surface area contributed by atoms with Crippen molar-refractivity contribution in [3.05, 3.63) is 0 Å². The van der Waals surface area contributed by atoms with Crippen LogP contribution in [0.3, 0.4) is 0 Å². The number of hydrogen-bond donors (Lipinski definition) is 0. The SMILES string of the molecule is CC(C)C1CCN(CCC(=O)N2CCC(C(C)C)CC2)CC1. The van der Waals surface area contributed by atoms with Gasteiger partial charge in [-0.25, -0.2) is 0 Å². The van der Waals surface area contributed by atoms with E-state index in [2.05, 4.69) is 37.5 Å². The van der Waals surface area contributed by atoms with Gasteiger partial charge in [0.25, 0.3) is 0 Å². The Kier molecular flexibility index (Phi) is 6.73. The molecule has 0 aromatic carbocycles. The van der Waals surface area contributed by atoms with Crippen molar-refractivity contribution in [3.63, 3.8) is 0 Å². The van der Waals surface area contributed by atoms with Crippen LogP contribution in [0.4, 0.5) is 0 Å². The van der Waals surface area contributed by atoms with Crippen LogP contribution in [0, 0.1) is 23.7 Å². The fourth-order valence-corrected chi connectivity index (χ4v) is 4.07. The number of likely N-dealkylation sites (tertiary alicyclic amines) is 2. The van der Waals surface area contributed by atoms with Crippen molar-refractivity contribution in [2.24, 2.45) is 23.7 Å². The lowest BCUT2D eigenvalue weighted by Gasteiger charge is -2.36. The highest BCUT2D eigenvalue weighted by molar-refractivity contribution is 5.76. The van der Waals surface area contributed by atoms with E-state index < -0.39 is 0 Å². The van der Waals surface area contributed by atoms with Crippen molar-refractivity contribution in [2.75, 3.05) is 32.7 Å². The zero-order valence-corrected chi connectivity index (χ0v) is 15.2. The van der Waals surface area contributed by atoms with Gasteiger partial charge in [0, 0.05) is 26.1 Å². The van der Waals surface area contributed by atoms with Crippen LogP contribution in [0.15, 0.2) is 0 Å². The molecule has 0 spiro atoms. The van der Waals surface area contributed by atoms with E-state index in [-0.39, 0.29) is 0 Å². The molecule has 0 radical (unpaired) electrons. The van der Waals surface area contributed by atoms with Gasteiger partial charge in [0.05, 0.1) is 0 Å². The first-order chi connectivity index (χ1) is 10.5. The monoisotopic (exact) mass is 308 g/mol. The van der Waals surface area contributed by atoms with Crippen molar-refractivity contribution >= 4 is 5.91 Å². The van der Waals surface area contributed by atoms with Gasteiger partial charge in [0.1, 0.15) is 0 Å². The third-order valence-corrected chi connectivity index (χ3v) is 6.05. The molecule has 2 saturated heterocycles. The third-order valence-electron chi connectivity index (χ3n) is 6.05. The average Bonchev–Trinajstić information content (AvgIpc) is 2.53. The molecular weight excluding hydrogens is 272 g/mol. The molecule has 2 fully saturated rings. The molecule has 0 aromatic rings. The van der Waals surface area contributed by atoms with Gasteiger partial charge in [0.2, 0.25) is 5.91 Å². The molecule has 3 nitrogen and oxygen atoms in total. The minimum absolute atomic E-state index is 0.383. The van der Waals surface area contributed by atoms with Crippen LogP contribution in [0.2, 0.25) is 0 Å². The quantitative estimate of drug-likeness (QED) is 0.774. The lowest BCUT2D eigenvalue weighted by molar-refractivity contribution is -0.133. The zero-order chi connectivity index (χ0) is 16.1. The zero-order valence-electron chi connectivity index (χ0n) is 15.2. The molecule has 2 aliphatic heterocycles. The molecule has 3 heteroatoms. The van der Waals surface area contributed by atoms with E-state index in [1.54, 1.807) is 0 Å². The van der Waals surface area contributed by atoms with Crippen LogP contribution < -0.4 is 0 Å². The molecule has 22 heavy (non-hydrogen) atoms. The maximum Gasteiger partial charge on any atom is 0.223 e. The highest BCUT2D eigenvalue weighted by atomic mass is 16.2. The maximum atomic E-state index is 12.4. The third kappa shape index (κ3) is 4.97. The predicted molar refractivity (Wildman–Crippen MR) is 92.8 cm³/mol. The Bertz CT molecular complexity index is 337. The minimum Gasteiger partial charge on any atom is -0.343 e. The first-order valence-corrected chi connectivity index (χ1v) is 9.47. The highest BCUT2D eigenvalue weighted by Gasteiger charge is 2.26. The second kappa shape index (κ2) is 8.33. The molecule has 2 aliphatic rings. The summed E-state index contributed by atoms with van der Waals surface area (Å²) in [7, 11) is 0. The van der Waals surface area contributed by atoms with E-state index >= 15 is 0 Å². The van der Waals surface area contributed by atoms with Gasteiger partial charge in [-0.15, -0.1) is 0 Å². The summed E-state index contributed by atoms with van der Waals surface area (Å²) in [6, 6.07) is 0. The van der Waals surface area contributed by atoms with Gasteiger partial charge in [-0.05, 0) is 62.4 Å². The fraction of sp³-hybridized carbons (Fsp3) is 0.947. The number of piperidine rings is 2. The smallest absolute Gasteiger partial charge is 0.223 e. The van der Waals surface area contributed by atoms with Crippen molar-refractivity contribution < 1.29 is 4.79 Å². The van der Waals surface area contributed by atoms with Gasteiger partial charge in [-0.3, -0.25) is 4.79 Å². The van der Waals surface area contributed by atoms with Crippen LogP contribution in [0.1, 0.15) is 59.8 Å². The number of hydrogen-bond acceptors (Lipinski definition) is 2. The molecule has 0 unspecified atom stereocenters. The van der Waals surface area contributed by atoms with E-state index in [0.717, 1.165) is 49.7 Å². The van der Waals surface area contributed by atoms with Crippen molar-refractivity contribution in [2.45, 2.75) is 59.8 Å². The van der Waals surface area contributed by atoms with Crippen molar-refractivity contribution in [3.8, 4) is 0 Å². The van der Waals surface area contributed by atoms with Crippen LogP contribution in [-0.4, -0.2) is 48.4 Å². The highest BCUT2D eigenvalue weighted by Crippen LogP contribution is 2.26. The lowest BCUT2D eigenvalue weighted by atomic mass is 9.86. The second-order valence-electron chi connectivity index (χ2n) is 8.14. The Morgan fingerprint density at radius 3 is 1.77 bits per heavy atom. The van der Waals surface area contributed by atoms with E-state index in [4.69, 9.17) is 0 Å². The molecule has 1 amide bonds. The fourth-order valence-electron chi connectivity index (χ4n) is 4.07. The van der Waals surface area contributed by atoms with Crippen LogP contribution in [0.25, 0.3) is 0 Å². The summed E-state index contributed by atoms with van der Waals surface area (Å²) >= 11 is 0. The molecule has 0 bridgehead atoms. The number of rotatable bonds is 5. The second-order valence-corrected chi connectivity index (χ2v) is 8.14. The van der Waals surface area contributed by atoms with Gasteiger partial charge in [-0.1, -0.05) is 27.7 Å². The number of nitrogens with zero attached hydrogens (tertiary/aromatic N) is 2. The normalized spacial score (nSPS) is 22.7. The van der Waals surface area contributed by atoms with Gasteiger partial charge in [0.15, 0.2) is 0 Å². The molecule has 0 aromatic heterocycles. The molecule has 128 valence electrons. The Morgan fingerprint density at radius 2 is 1.32 bits per heavy atom. The molecule has 2 heterocycles. The number of carbonyl (C=O) groups excluding carboxylic acids is 1. The first kappa shape index (κ1) is 17.8. The van der Waals surface area contributed by atoms with Gasteiger partial charge in [-0.2, -0.15) is 0 Å². The summed E-state index contributed by atoms with van der Waals surface area (Å²) in [6.45, 7) is 14.6. The van der Waals surface area contributed by atoms with E-state index in [1.807, 2.05) is 0 Å². The summed E-state index contributed by atoms with van der Waals surface area (Å²) in [5, 5.41) is 0. The maximum absolute atomic E-state index is 12.4. The summed E-state index contributed by atoms with van der Waals surface area (Å²) in [4.78, 5) is 17.0. The molecule has 0 saturated carbocycles. The minimum atomic E-state index is 0.383. The molecular formula is C19H36N2O. The Hall–Kier alpha value is -0.570. The van der Waals surface area contributed by atoms with E-state index in [9.17, 15) is 4.79 Å². The predicted octanol–water partition coefficient (Wildman–Crippen LogP) is 3.64. The summed E-state index contributed by atoms with van der Waals surface area (Å²) in [5.74, 6) is 3.67. The first-order valence-electron chi connectivity index (χ1n) is 9.47. The van der Waals surface area contributed by atoms with E-state index in [0.29, 0.717) is 5.91 Å². The van der Waals surface area contributed by atoms with Crippen molar-refractivity contribution in [1.29, 1.82) is 0 Å². The molecule has 0 N–H and O–H groups in total. The molecule has 0 atom stereocenters. The van der Waals surface area contributed by atoms with Gasteiger partial charge >= 0.3 is 0 Å². The number of carbonyl (C=O) groups is 1. The summed E-state index contributed by atoms with van der Waals surface area (Å²) < 4.78 is 0. The largest absolute Gasteiger partial charge is 0.343 e. The Labute approximate surface area is 137 Å². The molecule has 2 rings (SSSR count). The topological polar surface area (TPSA) is 23.6 Å². The van der Waals surface area contributed by atoms with Crippen LogP contribution in [0.5, 0.6) is 0 Å². The van der Waals surface area contributed by atoms with Crippen LogP contribution >= 0.6 is 0 Å². The standard InChI is InChI=1S/C19H36N2O/c1-15(2)17-5-10-20(11-6-17)12-9-19(22)21-13-7-18(8-14-21)16(3)4/h15-18H,5-14H2,1-4H3. The van der Waals surface area contributed by atoms with Gasteiger partial charge < -0.3 is 9.80 Å². The average molecular weight is 309 g/mol.